The third kappa shape index (κ3) is 5.43. The Bertz CT molecular complexity index is 480. The van der Waals surface area contributed by atoms with Gasteiger partial charge in [0, 0.05) is 12.8 Å². The standard InChI is InChI=1S/C12H18O5.C6H6O/c1(7-3-13-7)9(11-5-15-11)17-10(12-6-16-12)2-8-4-14-8;7-6-4-2-1-3-5-6/h7-12H,1-6H2;1-5,7H. The van der Waals surface area contributed by atoms with E-state index in [1.165, 1.54) is 0 Å². The molecule has 1 N–H and O–H groups in total. The number of hydrogen-bond donors (Lipinski definition) is 1. The molecule has 0 bridgehead atoms. The Labute approximate surface area is 141 Å². The van der Waals surface area contributed by atoms with Gasteiger partial charge in [0.05, 0.1) is 50.8 Å². The molecule has 132 valence electrons. The van der Waals surface area contributed by atoms with Gasteiger partial charge in [0.25, 0.3) is 0 Å². The molecule has 0 radical (unpaired) electrons. The summed E-state index contributed by atoms with van der Waals surface area (Å²) in [7, 11) is 0. The van der Waals surface area contributed by atoms with Crippen LogP contribution < -0.4 is 0 Å². The summed E-state index contributed by atoms with van der Waals surface area (Å²) in [6, 6.07) is 8.71. The lowest BCUT2D eigenvalue weighted by Gasteiger charge is -2.22. The smallest absolute Gasteiger partial charge is 0.115 e. The predicted molar refractivity (Wildman–Crippen MR) is 85.0 cm³/mol. The molecule has 6 unspecified atom stereocenters. The summed E-state index contributed by atoms with van der Waals surface area (Å²) in [4.78, 5) is 0. The van der Waals surface area contributed by atoms with Gasteiger partial charge in [-0.1, -0.05) is 18.2 Å². The van der Waals surface area contributed by atoms with Gasteiger partial charge in [-0.25, -0.2) is 0 Å². The Morgan fingerprint density at radius 1 is 0.833 bits per heavy atom. The van der Waals surface area contributed by atoms with E-state index in [1.54, 1.807) is 24.3 Å². The van der Waals surface area contributed by atoms with Crippen LogP contribution in [0.2, 0.25) is 0 Å². The minimum Gasteiger partial charge on any atom is -0.508 e. The van der Waals surface area contributed by atoms with E-state index in [1.807, 2.05) is 6.07 Å². The van der Waals surface area contributed by atoms with Crippen LogP contribution >= 0.6 is 0 Å². The van der Waals surface area contributed by atoms with Crippen LogP contribution in [0, 0.1) is 0 Å². The number of epoxide rings is 4. The van der Waals surface area contributed by atoms with Crippen molar-refractivity contribution in [3.63, 3.8) is 0 Å². The molecule has 4 fully saturated rings. The number of benzene rings is 1. The highest BCUT2D eigenvalue weighted by Gasteiger charge is 2.44. The highest BCUT2D eigenvalue weighted by atomic mass is 16.6. The summed E-state index contributed by atoms with van der Waals surface area (Å²) in [6.07, 6.45) is 3.61. The van der Waals surface area contributed by atoms with Crippen LogP contribution in [0.3, 0.4) is 0 Å². The first-order chi connectivity index (χ1) is 11.8. The van der Waals surface area contributed by atoms with E-state index in [9.17, 15) is 0 Å². The maximum absolute atomic E-state index is 8.63. The second-order valence-corrected chi connectivity index (χ2v) is 6.67. The van der Waals surface area contributed by atoms with Crippen molar-refractivity contribution >= 4 is 0 Å². The molecule has 1 aromatic rings. The van der Waals surface area contributed by atoms with Crippen molar-refractivity contribution in [1.29, 1.82) is 0 Å². The van der Waals surface area contributed by atoms with Gasteiger partial charge < -0.3 is 28.8 Å². The van der Waals surface area contributed by atoms with Crippen molar-refractivity contribution < 1.29 is 28.8 Å². The highest BCUT2D eigenvalue weighted by Crippen LogP contribution is 2.32. The maximum atomic E-state index is 8.63. The lowest BCUT2D eigenvalue weighted by molar-refractivity contribution is -0.0500. The van der Waals surface area contributed by atoms with Gasteiger partial charge in [-0.2, -0.15) is 0 Å². The van der Waals surface area contributed by atoms with Gasteiger partial charge in [-0.3, -0.25) is 0 Å². The number of rotatable bonds is 8. The molecule has 4 heterocycles. The summed E-state index contributed by atoms with van der Waals surface area (Å²) in [5, 5.41) is 8.63. The molecule has 6 atom stereocenters. The molecule has 0 amide bonds. The topological polar surface area (TPSA) is 79.6 Å². The van der Waals surface area contributed by atoms with Gasteiger partial charge in [-0.15, -0.1) is 0 Å². The molecule has 24 heavy (non-hydrogen) atoms. The Kier molecular flexibility index (Phi) is 5.01. The fourth-order valence-electron chi connectivity index (χ4n) is 2.71. The first-order valence-electron chi connectivity index (χ1n) is 8.64. The van der Waals surface area contributed by atoms with E-state index in [-0.39, 0.29) is 24.4 Å². The normalized spacial score (nSPS) is 34.5. The lowest BCUT2D eigenvalue weighted by atomic mass is 10.1. The van der Waals surface area contributed by atoms with Crippen LogP contribution in [0.4, 0.5) is 0 Å². The quantitative estimate of drug-likeness (QED) is 0.725. The fraction of sp³-hybridized carbons (Fsp3) is 0.667. The molecule has 4 saturated heterocycles. The molecule has 6 nitrogen and oxygen atoms in total. The molecule has 0 aliphatic carbocycles. The number of ether oxygens (including phenoxy) is 5. The minimum absolute atomic E-state index is 0.176. The largest absolute Gasteiger partial charge is 0.508 e. The van der Waals surface area contributed by atoms with Gasteiger partial charge >= 0.3 is 0 Å². The summed E-state index contributed by atoms with van der Waals surface area (Å²) in [5.74, 6) is 0.322. The van der Waals surface area contributed by atoms with Crippen molar-refractivity contribution in [2.75, 3.05) is 26.4 Å². The average Bonchev–Trinajstić information content (AvgIpc) is 3.45. The van der Waals surface area contributed by atoms with Crippen LogP contribution in [0.1, 0.15) is 12.8 Å². The van der Waals surface area contributed by atoms with Crippen molar-refractivity contribution in [1.82, 2.24) is 0 Å². The molecule has 6 heteroatoms. The minimum atomic E-state index is 0.176. The molecule has 0 aromatic heterocycles. The monoisotopic (exact) mass is 336 g/mol. The summed E-state index contributed by atoms with van der Waals surface area (Å²) < 4.78 is 27.5. The molecule has 0 saturated carbocycles. The van der Waals surface area contributed by atoms with Crippen molar-refractivity contribution in [3.05, 3.63) is 30.3 Å². The molecular weight excluding hydrogens is 312 g/mol. The van der Waals surface area contributed by atoms with Crippen LogP contribution in [-0.2, 0) is 23.7 Å². The predicted octanol–water partition coefficient (Wildman–Crippen LogP) is 1.51. The average molecular weight is 336 g/mol. The van der Waals surface area contributed by atoms with E-state index < -0.39 is 0 Å². The van der Waals surface area contributed by atoms with E-state index in [0.29, 0.717) is 18.0 Å². The van der Waals surface area contributed by atoms with Gasteiger partial charge in [0.1, 0.15) is 18.0 Å². The van der Waals surface area contributed by atoms with Gasteiger partial charge in [0.2, 0.25) is 0 Å². The van der Waals surface area contributed by atoms with Crippen LogP contribution in [0.5, 0.6) is 5.75 Å². The zero-order chi connectivity index (χ0) is 16.4. The molecule has 5 rings (SSSR count). The van der Waals surface area contributed by atoms with E-state index in [0.717, 1.165) is 39.3 Å². The van der Waals surface area contributed by atoms with Crippen molar-refractivity contribution in [2.24, 2.45) is 0 Å². The zero-order valence-corrected chi connectivity index (χ0v) is 13.6. The second-order valence-electron chi connectivity index (χ2n) is 6.67. The van der Waals surface area contributed by atoms with Crippen LogP contribution in [0.15, 0.2) is 30.3 Å². The summed E-state index contributed by atoms with van der Waals surface area (Å²) >= 11 is 0. The number of aromatic hydroxyl groups is 1. The molecule has 4 aliphatic rings. The number of phenols is 1. The summed E-state index contributed by atoms with van der Waals surface area (Å²) in [6.45, 7) is 3.41. The zero-order valence-electron chi connectivity index (χ0n) is 13.6. The highest BCUT2D eigenvalue weighted by molar-refractivity contribution is 5.18. The first-order valence-corrected chi connectivity index (χ1v) is 8.64. The Morgan fingerprint density at radius 3 is 1.58 bits per heavy atom. The Morgan fingerprint density at radius 2 is 1.29 bits per heavy atom. The lowest BCUT2D eigenvalue weighted by Crippen LogP contribution is -2.32. The van der Waals surface area contributed by atoms with E-state index >= 15 is 0 Å². The SMILES string of the molecule is C1OC1CC(OC(CC1CO1)C1CO1)C1CO1.Oc1ccccc1. The Balaban J connectivity index is 0.000000177. The number of phenolic OH excluding ortho intramolecular Hbond substituents is 1. The molecular formula is C18H24O6. The first kappa shape index (κ1) is 16.3. The van der Waals surface area contributed by atoms with Gasteiger partial charge in [0.15, 0.2) is 0 Å². The van der Waals surface area contributed by atoms with Crippen molar-refractivity contribution in [2.45, 2.75) is 49.5 Å². The Hall–Kier alpha value is -1.18. The van der Waals surface area contributed by atoms with Gasteiger partial charge in [-0.05, 0) is 12.1 Å². The number of para-hydroxylation sites is 1. The van der Waals surface area contributed by atoms with Crippen LogP contribution in [-0.4, -0.2) is 68.2 Å². The van der Waals surface area contributed by atoms with E-state index in [4.69, 9.17) is 28.8 Å². The summed E-state index contributed by atoms with van der Waals surface area (Å²) in [5.41, 5.74) is 0. The second kappa shape index (κ2) is 7.37. The van der Waals surface area contributed by atoms with Crippen LogP contribution in [0.25, 0.3) is 0 Å². The maximum Gasteiger partial charge on any atom is 0.115 e. The third-order valence-electron chi connectivity index (χ3n) is 4.45. The molecule has 1 aromatic carbocycles. The molecule has 0 spiro atoms. The third-order valence-corrected chi connectivity index (χ3v) is 4.45. The van der Waals surface area contributed by atoms with Crippen molar-refractivity contribution in [3.8, 4) is 5.75 Å². The fourth-order valence-corrected chi connectivity index (χ4v) is 2.71. The molecule has 4 aliphatic heterocycles. The van der Waals surface area contributed by atoms with E-state index in [2.05, 4.69) is 0 Å². The number of hydrogen-bond acceptors (Lipinski definition) is 6.